The highest BCUT2D eigenvalue weighted by atomic mass is 19.3. The number of alkyl halides is 2. The van der Waals surface area contributed by atoms with Crippen LogP contribution in [0.4, 0.5) is 8.78 Å². The van der Waals surface area contributed by atoms with Crippen molar-refractivity contribution in [1.82, 2.24) is 10.2 Å². The molecule has 0 saturated heterocycles. The first kappa shape index (κ1) is 16.7. The number of hydrogen-bond donors (Lipinski definition) is 1. The number of methoxy groups -OCH3 is 2. The Hall–Kier alpha value is -1.40. The largest absolute Gasteiger partial charge is 0.497 e. The lowest BCUT2D eigenvalue weighted by Gasteiger charge is -2.25. The summed E-state index contributed by atoms with van der Waals surface area (Å²) in [5.41, 5.74) is 0.914. The van der Waals surface area contributed by atoms with E-state index in [1.54, 1.807) is 39.3 Å². The highest BCUT2D eigenvalue weighted by molar-refractivity contribution is 5.42. The van der Waals surface area contributed by atoms with Gasteiger partial charge in [0.15, 0.2) is 0 Å². The molecule has 1 atom stereocenters. The zero-order valence-corrected chi connectivity index (χ0v) is 12.3. The van der Waals surface area contributed by atoms with Gasteiger partial charge in [0, 0.05) is 24.2 Å². The molecule has 0 amide bonds. The van der Waals surface area contributed by atoms with Crippen LogP contribution in [0.15, 0.2) is 18.2 Å². The molecule has 0 saturated carbocycles. The first-order chi connectivity index (χ1) is 9.51. The molecule has 0 fully saturated rings. The molecule has 1 aromatic carbocycles. The van der Waals surface area contributed by atoms with E-state index in [-0.39, 0.29) is 12.6 Å². The van der Waals surface area contributed by atoms with Gasteiger partial charge in [0.25, 0.3) is 6.43 Å². The summed E-state index contributed by atoms with van der Waals surface area (Å²) in [6.07, 6.45) is -2.34. The molecule has 1 rings (SSSR count). The lowest BCUT2D eigenvalue weighted by atomic mass is 10.0. The third-order valence-electron chi connectivity index (χ3n) is 3.11. The van der Waals surface area contributed by atoms with Gasteiger partial charge in [-0.05, 0) is 20.2 Å². The van der Waals surface area contributed by atoms with Crippen molar-refractivity contribution >= 4 is 0 Å². The minimum absolute atomic E-state index is 0.0976. The molecule has 20 heavy (non-hydrogen) atoms. The van der Waals surface area contributed by atoms with E-state index >= 15 is 0 Å². The van der Waals surface area contributed by atoms with E-state index in [1.165, 1.54) is 0 Å². The standard InChI is InChI=1S/C14H22F2N2O2/c1-17-12(8-18(2)9-14(15)16)11-6-5-10(19-3)7-13(11)20-4/h5-7,12,14,17H,8-9H2,1-4H3. The Labute approximate surface area is 118 Å². The van der Waals surface area contributed by atoms with Crippen LogP contribution in [-0.2, 0) is 0 Å². The van der Waals surface area contributed by atoms with Crippen LogP contribution in [0, 0.1) is 0 Å². The molecule has 1 N–H and O–H groups in total. The van der Waals surface area contributed by atoms with Crippen molar-refractivity contribution in [3.05, 3.63) is 23.8 Å². The molecule has 114 valence electrons. The van der Waals surface area contributed by atoms with E-state index in [2.05, 4.69) is 5.32 Å². The summed E-state index contributed by atoms with van der Waals surface area (Å²) >= 11 is 0. The first-order valence-electron chi connectivity index (χ1n) is 6.37. The number of ether oxygens (including phenoxy) is 2. The van der Waals surface area contributed by atoms with Crippen molar-refractivity contribution in [3.8, 4) is 11.5 Å². The number of rotatable bonds is 8. The van der Waals surface area contributed by atoms with Gasteiger partial charge in [0.2, 0.25) is 0 Å². The van der Waals surface area contributed by atoms with E-state index in [0.717, 1.165) is 5.56 Å². The van der Waals surface area contributed by atoms with E-state index in [0.29, 0.717) is 18.0 Å². The highest BCUT2D eigenvalue weighted by Gasteiger charge is 2.18. The second kappa shape index (κ2) is 8.01. The van der Waals surface area contributed by atoms with E-state index in [1.807, 2.05) is 12.1 Å². The highest BCUT2D eigenvalue weighted by Crippen LogP contribution is 2.29. The molecule has 0 heterocycles. The molecule has 0 aliphatic heterocycles. The summed E-state index contributed by atoms with van der Waals surface area (Å²) in [5.74, 6) is 1.37. The van der Waals surface area contributed by atoms with Crippen LogP contribution in [0.1, 0.15) is 11.6 Å². The first-order valence-corrected chi connectivity index (χ1v) is 6.37. The molecule has 0 aromatic heterocycles. The Morgan fingerprint density at radius 1 is 1.20 bits per heavy atom. The Kier molecular flexibility index (Phi) is 6.67. The summed E-state index contributed by atoms with van der Waals surface area (Å²) in [7, 11) is 6.63. The lowest BCUT2D eigenvalue weighted by Crippen LogP contribution is -2.34. The maximum Gasteiger partial charge on any atom is 0.251 e. The molecule has 6 heteroatoms. The van der Waals surface area contributed by atoms with Gasteiger partial charge in [-0.2, -0.15) is 0 Å². The lowest BCUT2D eigenvalue weighted by molar-refractivity contribution is 0.0961. The molecule has 1 unspecified atom stereocenters. The normalized spacial score (nSPS) is 12.8. The van der Waals surface area contributed by atoms with Gasteiger partial charge in [-0.15, -0.1) is 0 Å². The average molecular weight is 288 g/mol. The third kappa shape index (κ3) is 4.61. The van der Waals surface area contributed by atoms with Gasteiger partial charge < -0.3 is 14.8 Å². The van der Waals surface area contributed by atoms with Crippen LogP contribution >= 0.6 is 0 Å². The molecule has 0 radical (unpaired) electrons. The van der Waals surface area contributed by atoms with Crippen molar-refractivity contribution in [2.75, 3.05) is 41.4 Å². The summed E-state index contributed by atoms with van der Waals surface area (Å²) in [5, 5.41) is 3.13. The number of hydrogen-bond acceptors (Lipinski definition) is 4. The van der Waals surface area contributed by atoms with Crippen molar-refractivity contribution in [2.24, 2.45) is 0 Å². The monoisotopic (exact) mass is 288 g/mol. The number of nitrogens with one attached hydrogen (secondary N) is 1. The smallest absolute Gasteiger partial charge is 0.251 e. The van der Waals surface area contributed by atoms with Crippen LogP contribution in [0.5, 0.6) is 11.5 Å². The SMILES string of the molecule is CNC(CN(C)CC(F)F)c1ccc(OC)cc1OC. The van der Waals surface area contributed by atoms with Crippen molar-refractivity contribution in [3.63, 3.8) is 0 Å². The molecular formula is C14H22F2N2O2. The second-order valence-corrected chi connectivity index (χ2v) is 4.56. The second-order valence-electron chi connectivity index (χ2n) is 4.56. The Morgan fingerprint density at radius 3 is 2.40 bits per heavy atom. The van der Waals surface area contributed by atoms with Crippen LogP contribution < -0.4 is 14.8 Å². The molecule has 0 aliphatic carbocycles. The van der Waals surface area contributed by atoms with Gasteiger partial charge in [0.1, 0.15) is 11.5 Å². The van der Waals surface area contributed by atoms with Crippen LogP contribution in [0.3, 0.4) is 0 Å². The predicted octanol–water partition coefficient (Wildman–Crippen LogP) is 2.16. The molecule has 4 nitrogen and oxygen atoms in total. The van der Waals surface area contributed by atoms with E-state index in [4.69, 9.17) is 9.47 Å². The fraction of sp³-hybridized carbons (Fsp3) is 0.571. The molecular weight excluding hydrogens is 266 g/mol. The number of halogens is 2. The Morgan fingerprint density at radius 2 is 1.90 bits per heavy atom. The molecule has 1 aromatic rings. The summed E-state index contributed by atoms with van der Waals surface area (Å²) < 4.78 is 35.3. The number of benzene rings is 1. The van der Waals surface area contributed by atoms with Crippen molar-refractivity contribution in [1.29, 1.82) is 0 Å². The zero-order valence-electron chi connectivity index (χ0n) is 12.3. The fourth-order valence-corrected chi connectivity index (χ4v) is 2.07. The minimum atomic E-state index is -2.34. The fourth-order valence-electron chi connectivity index (χ4n) is 2.07. The van der Waals surface area contributed by atoms with Crippen LogP contribution in [-0.4, -0.2) is 52.7 Å². The minimum Gasteiger partial charge on any atom is -0.497 e. The third-order valence-corrected chi connectivity index (χ3v) is 3.11. The average Bonchev–Trinajstić information content (AvgIpc) is 2.43. The summed E-state index contributed by atoms with van der Waals surface area (Å²) in [6, 6.07) is 5.40. The number of likely N-dealkylation sites (N-methyl/N-ethyl adjacent to an activating group) is 2. The maximum atomic E-state index is 12.4. The zero-order chi connectivity index (χ0) is 15.1. The quantitative estimate of drug-likeness (QED) is 0.795. The maximum absolute atomic E-state index is 12.4. The molecule has 0 bridgehead atoms. The van der Waals surface area contributed by atoms with Crippen molar-refractivity contribution in [2.45, 2.75) is 12.5 Å². The van der Waals surface area contributed by atoms with Gasteiger partial charge in [-0.1, -0.05) is 6.07 Å². The van der Waals surface area contributed by atoms with E-state index < -0.39 is 6.43 Å². The number of nitrogens with zero attached hydrogens (tertiary/aromatic N) is 1. The van der Waals surface area contributed by atoms with Crippen LogP contribution in [0.2, 0.25) is 0 Å². The van der Waals surface area contributed by atoms with Gasteiger partial charge >= 0.3 is 0 Å². The topological polar surface area (TPSA) is 33.7 Å². The van der Waals surface area contributed by atoms with Gasteiger partial charge in [-0.25, -0.2) is 8.78 Å². The summed E-state index contributed by atoms with van der Waals surface area (Å²) in [4.78, 5) is 1.59. The Balaban J connectivity index is 2.88. The molecule has 0 aliphatic rings. The van der Waals surface area contributed by atoms with Gasteiger partial charge in [-0.3, -0.25) is 4.90 Å². The van der Waals surface area contributed by atoms with Crippen LogP contribution in [0.25, 0.3) is 0 Å². The molecule has 0 spiro atoms. The summed E-state index contributed by atoms with van der Waals surface area (Å²) in [6.45, 7) is 0.209. The van der Waals surface area contributed by atoms with Gasteiger partial charge in [0.05, 0.1) is 20.8 Å². The Bertz CT molecular complexity index is 416. The van der Waals surface area contributed by atoms with Crippen molar-refractivity contribution < 1.29 is 18.3 Å². The van der Waals surface area contributed by atoms with E-state index in [9.17, 15) is 8.78 Å². The predicted molar refractivity (Wildman–Crippen MR) is 74.8 cm³/mol.